The van der Waals surface area contributed by atoms with Crippen LogP contribution in [0.2, 0.25) is 0 Å². The second-order valence-corrected chi connectivity index (χ2v) is 5.54. The standard InChI is InChI=1S/C19H16N6O/c1-13-9-17(18(26)22-12-16-6-2-3-8-21-16)25-19(23-13)24-15-7-4-5-14(10-15)11-20/h2-10H,12H2,1H3,(H,22,26)(H,23,24,25). The molecule has 1 aromatic carbocycles. The Bertz CT molecular complexity index is 965. The number of nitrogens with one attached hydrogen (secondary N) is 2. The van der Waals surface area contributed by atoms with Crippen molar-refractivity contribution in [3.05, 3.63) is 77.4 Å². The number of aromatic nitrogens is 3. The van der Waals surface area contributed by atoms with Crippen LogP contribution in [0, 0.1) is 18.3 Å². The zero-order valence-electron chi connectivity index (χ0n) is 14.1. The third-order valence-electron chi connectivity index (χ3n) is 3.49. The summed E-state index contributed by atoms with van der Waals surface area (Å²) in [6.07, 6.45) is 1.67. The Hall–Kier alpha value is -3.79. The van der Waals surface area contributed by atoms with Crippen LogP contribution in [0.25, 0.3) is 0 Å². The molecule has 0 aliphatic rings. The van der Waals surface area contributed by atoms with E-state index in [4.69, 9.17) is 5.26 Å². The van der Waals surface area contributed by atoms with Crippen molar-refractivity contribution < 1.29 is 4.79 Å². The summed E-state index contributed by atoms with van der Waals surface area (Å²) < 4.78 is 0. The van der Waals surface area contributed by atoms with Gasteiger partial charge in [-0.15, -0.1) is 0 Å². The second-order valence-electron chi connectivity index (χ2n) is 5.54. The molecular formula is C19H16N6O. The van der Waals surface area contributed by atoms with E-state index in [0.717, 1.165) is 5.69 Å². The van der Waals surface area contributed by atoms with E-state index in [0.29, 0.717) is 29.4 Å². The van der Waals surface area contributed by atoms with E-state index in [1.807, 2.05) is 18.2 Å². The lowest BCUT2D eigenvalue weighted by molar-refractivity contribution is 0.0945. The van der Waals surface area contributed by atoms with Gasteiger partial charge in [-0.1, -0.05) is 12.1 Å². The van der Waals surface area contributed by atoms with Gasteiger partial charge in [0.15, 0.2) is 0 Å². The number of anilines is 2. The molecule has 1 amide bonds. The molecule has 2 heterocycles. The van der Waals surface area contributed by atoms with Crippen molar-refractivity contribution in [1.29, 1.82) is 5.26 Å². The number of amides is 1. The molecule has 3 aromatic rings. The van der Waals surface area contributed by atoms with E-state index in [1.54, 1.807) is 43.5 Å². The van der Waals surface area contributed by atoms with E-state index < -0.39 is 0 Å². The van der Waals surface area contributed by atoms with Gasteiger partial charge < -0.3 is 10.6 Å². The molecule has 7 nitrogen and oxygen atoms in total. The van der Waals surface area contributed by atoms with Crippen molar-refractivity contribution in [2.24, 2.45) is 0 Å². The fraction of sp³-hybridized carbons (Fsp3) is 0.105. The van der Waals surface area contributed by atoms with Crippen molar-refractivity contribution in [1.82, 2.24) is 20.3 Å². The Morgan fingerprint density at radius 1 is 1.15 bits per heavy atom. The van der Waals surface area contributed by atoms with Crippen molar-refractivity contribution >= 4 is 17.5 Å². The first-order valence-electron chi connectivity index (χ1n) is 7.95. The van der Waals surface area contributed by atoms with Crippen LogP contribution in [0.1, 0.15) is 27.4 Å². The maximum absolute atomic E-state index is 12.4. The van der Waals surface area contributed by atoms with Gasteiger partial charge in [0, 0.05) is 17.6 Å². The predicted molar refractivity (Wildman–Crippen MR) is 96.6 cm³/mol. The number of nitrogens with zero attached hydrogens (tertiary/aromatic N) is 4. The van der Waals surface area contributed by atoms with Crippen molar-refractivity contribution in [3.8, 4) is 6.07 Å². The van der Waals surface area contributed by atoms with Crippen molar-refractivity contribution in [3.63, 3.8) is 0 Å². The first kappa shape index (κ1) is 17.0. The van der Waals surface area contributed by atoms with Crippen LogP contribution in [0.5, 0.6) is 0 Å². The van der Waals surface area contributed by atoms with Crippen LogP contribution >= 0.6 is 0 Å². The Kier molecular flexibility index (Phi) is 5.15. The van der Waals surface area contributed by atoms with Gasteiger partial charge in [-0.3, -0.25) is 9.78 Å². The molecule has 128 valence electrons. The molecule has 0 aliphatic carbocycles. The summed E-state index contributed by atoms with van der Waals surface area (Å²) >= 11 is 0. The van der Waals surface area contributed by atoms with Crippen molar-refractivity contribution in [2.45, 2.75) is 13.5 Å². The lowest BCUT2D eigenvalue weighted by atomic mass is 10.2. The van der Waals surface area contributed by atoms with Gasteiger partial charge in [-0.2, -0.15) is 5.26 Å². The van der Waals surface area contributed by atoms with Crippen LogP contribution in [0.15, 0.2) is 54.7 Å². The van der Waals surface area contributed by atoms with E-state index in [2.05, 4.69) is 31.7 Å². The summed E-state index contributed by atoms with van der Waals surface area (Å²) in [5, 5.41) is 14.8. The monoisotopic (exact) mass is 344 g/mol. The molecule has 26 heavy (non-hydrogen) atoms. The largest absolute Gasteiger partial charge is 0.345 e. The van der Waals surface area contributed by atoms with Gasteiger partial charge in [0.05, 0.1) is 23.9 Å². The molecule has 0 saturated heterocycles. The lowest BCUT2D eigenvalue weighted by Crippen LogP contribution is -2.24. The highest BCUT2D eigenvalue weighted by molar-refractivity contribution is 5.92. The molecule has 0 spiro atoms. The minimum Gasteiger partial charge on any atom is -0.345 e. The fourth-order valence-corrected chi connectivity index (χ4v) is 2.30. The van der Waals surface area contributed by atoms with Gasteiger partial charge in [-0.05, 0) is 43.3 Å². The third-order valence-corrected chi connectivity index (χ3v) is 3.49. The van der Waals surface area contributed by atoms with Crippen LogP contribution in [0.3, 0.4) is 0 Å². The maximum atomic E-state index is 12.4. The molecule has 2 aromatic heterocycles. The average molecular weight is 344 g/mol. The highest BCUT2D eigenvalue weighted by Crippen LogP contribution is 2.15. The molecule has 0 radical (unpaired) electrons. The molecule has 0 fully saturated rings. The normalized spacial score (nSPS) is 10.0. The maximum Gasteiger partial charge on any atom is 0.270 e. The number of carbonyl (C=O) groups excluding carboxylic acids is 1. The van der Waals surface area contributed by atoms with E-state index in [9.17, 15) is 4.79 Å². The number of nitriles is 1. The van der Waals surface area contributed by atoms with Crippen LogP contribution < -0.4 is 10.6 Å². The topological polar surface area (TPSA) is 104 Å². The summed E-state index contributed by atoms with van der Waals surface area (Å²) in [5.41, 5.74) is 2.87. The van der Waals surface area contributed by atoms with Crippen LogP contribution in [-0.2, 0) is 6.54 Å². The van der Waals surface area contributed by atoms with Crippen LogP contribution in [0.4, 0.5) is 11.6 Å². The first-order valence-corrected chi connectivity index (χ1v) is 7.95. The molecule has 3 rings (SSSR count). The Labute approximate surface area is 150 Å². The smallest absolute Gasteiger partial charge is 0.270 e. The second kappa shape index (κ2) is 7.85. The van der Waals surface area contributed by atoms with Gasteiger partial charge >= 0.3 is 0 Å². The van der Waals surface area contributed by atoms with Gasteiger partial charge in [0.2, 0.25) is 5.95 Å². The number of pyridine rings is 1. The highest BCUT2D eigenvalue weighted by Gasteiger charge is 2.11. The quantitative estimate of drug-likeness (QED) is 0.737. The Balaban J connectivity index is 1.74. The molecular weight excluding hydrogens is 328 g/mol. The number of benzene rings is 1. The molecule has 0 bridgehead atoms. The molecule has 7 heteroatoms. The third kappa shape index (κ3) is 4.39. The van der Waals surface area contributed by atoms with E-state index in [1.165, 1.54) is 0 Å². The van der Waals surface area contributed by atoms with E-state index >= 15 is 0 Å². The van der Waals surface area contributed by atoms with Gasteiger partial charge in [-0.25, -0.2) is 9.97 Å². The number of rotatable bonds is 5. The summed E-state index contributed by atoms with van der Waals surface area (Å²) in [4.78, 5) is 25.1. The number of aryl methyl sites for hydroxylation is 1. The summed E-state index contributed by atoms with van der Waals surface area (Å²) in [6.45, 7) is 2.10. The first-order chi connectivity index (χ1) is 12.6. The Morgan fingerprint density at radius 3 is 2.81 bits per heavy atom. The molecule has 0 saturated carbocycles. The highest BCUT2D eigenvalue weighted by atomic mass is 16.1. The number of carbonyl (C=O) groups is 1. The van der Waals surface area contributed by atoms with Gasteiger partial charge in [0.25, 0.3) is 5.91 Å². The fourth-order valence-electron chi connectivity index (χ4n) is 2.30. The molecule has 0 aliphatic heterocycles. The summed E-state index contributed by atoms with van der Waals surface area (Å²) in [6, 6.07) is 16.2. The zero-order chi connectivity index (χ0) is 18.4. The zero-order valence-corrected chi connectivity index (χ0v) is 14.1. The van der Waals surface area contributed by atoms with Gasteiger partial charge in [0.1, 0.15) is 5.69 Å². The van der Waals surface area contributed by atoms with E-state index in [-0.39, 0.29) is 11.6 Å². The summed E-state index contributed by atoms with van der Waals surface area (Å²) in [5.74, 6) is -0.0157. The SMILES string of the molecule is Cc1cc(C(=O)NCc2ccccn2)nc(Nc2cccc(C#N)c2)n1. The number of hydrogen-bond acceptors (Lipinski definition) is 6. The predicted octanol–water partition coefficient (Wildman–Crippen LogP) is 2.73. The van der Waals surface area contributed by atoms with Crippen molar-refractivity contribution in [2.75, 3.05) is 5.32 Å². The average Bonchev–Trinajstić information content (AvgIpc) is 2.66. The minimum atomic E-state index is -0.310. The van der Waals surface area contributed by atoms with Crippen LogP contribution in [-0.4, -0.2) is 20.9 Å². The lowest BCUT2D eigenvalue weighted by Gasteiger charge is -2.09. The Morgan fingerprint density at radius 2 is 2.04 bits per heavy atom. The number of hydrogen-bond donors (Lipinski definition) is 2. The minimum absolute atomic E-state index is 0.257. The summed E-state index contributed by atoms with van der Waals surface area (Å²) in [7, 11) is 0. The molecule has 0 atom stereocenters. The molecule has 2 N–H and O–H groups in total. The molecule has 0 unspecified atom stereocenters.